The van der Waals surface area contributed by atoms with E-state index in [0.29, 0.717) is 36.3 Å². The summed E-state index contributed by atoms with van der Waals surface area (Å²) < 4.78 is 1.37. The molecule has 7 nitrogen and oxygen atoms in total. The molecule has 1 spiro atoms. The molecule has 5 rings (SSSR count). The minimum atomic E-state index is -0.175. The number of carbonyl (C=O) groups excluding carboxylic acids is 1. The van der Waals surface area contributed by atoms with Crippen molar-refractivity contribution in [2.24, 2.45) is 5.41 Å². The highest BCUT2D eigenvalue weighted by Crippen LogP contribution is 2.42. The third-order valence-corrected chi connectivity index (χ3v) is 6.53. The predicted molar refractivity (Wildman–Crippen MR) is 104 cm³/mol. The molecule has 7 heteroatoms. The Morgan fingerprint density at radius 3 is 2.89 bits per heavy atom. The van der Waals surface area contributed by atoms with Gasteiger partial charge in [0.25, 0.3) is 5.56 Å². The standard InChI is InChI=1S/C21H26N4O3/c26-17-3-1-10-24-19(28)11-15(22-20(17)24)12-23-9-2-7-21(13-23)8-6-18(27)25(14-21)16-4-5-16/h1,3,10-11,16,26H,2,4-9,12-14H2/t21-/m1/s1. The number of pyridine rings is 1. The van der Waals surface area contributed by atoms with Gasteiger partial charge in [0.1, 0.15) is 0 Å². The highest BCUT2D eigenvalue weighted by Gasteiger charge is 2.45. The topological polar surface area (TPSA) is 78.2 Å². The van der Waals surface area contributed by atoms with Crippen molar-refractivity contribution in [1.29, 1.82) is 0 Å². The monoisotopic (exact) mass is 382 g/mol. The first-order chi connectivity index (χ1) is 13.5. The van der Waals surface area contributed by atoms with Crippen LogP contribution in [0.15, 0.2) is 29.2 Å². The van der Waals surface area contributed by atoms with Gasteiger partial charge in [-0.1, -0.05) is 0 Å². The summed E-state index contributed by atoms with van der Waals surface area (Å²) in [6.45, 7) is 3.38. The first-order valence-corrected chi connectivity index (χ1v) is 10.3. The number of rotatable bonds is 3. The van der Waals surface area contributed by atoms with Crippen molar-refractivity contribution in [3.63, 3.8) is 0 Å². The van der Waals surface area contributed by atoms with Gasteiger partial charge in [-0.2, -0.15) is 0 Å². The number of piperidine rings is 2. The Morgan fingerprint density at radius 2 is 2.07 bits per heavy atom. The molecule has 1 atom stereocenters. The third-order valence-electron chi connectivity index (χ3n) is 6.53. The van der Waals surface area contributed by atoms with Crippen LogP contribution in [-0.4, -0.2) is 55.9 Å². The lowest BCUT2D eigenvalue weighted by Gasteiger charge is -2.48. The van der Waals surface area contributed by atoms with E-state index in [1.807, 2.05) is 0 Å². The quantitative estimate of drug-likeness (QED) is 0.875. The van der Waals surface area contributed by atoms with Gasteiger partial charge < -0.3 is 10.0 Å². The molecule has 3 fully saturated rings. The van der Waals surface area contributed by atoms with Crippen molar-refractivity contribution in [3.05, 3.63) is 40.4 Å². The lowest BCUT2D eigenvalue weighted by molar-refractivity contribution is -0.140. The number of amides is 1. The molecule has 2 aromatic heterocycles. The summed E-state index contributed by atoms with van der Waals surface area (Å²) in [4.78, 5) is 33.7. The van der Waals surface area contributed by atoms with Gasteiger partial charge in [0.2, 0.25) is 5.91 Å². The van der Waals surface area contributed by atoms with E-state index in [1.165, 1.54) is 4.40 Å². The number of aromatic nitrogens is 2. The second kappa shape index (κ2) is 6.58. The summed E-state index contributed by atoms with van der Waals surface area (Å²) in [6.07, 6.45) is 7.81. The van der Waals surface area contributed by atoms with Crippen LogP contribution in [0.5, 0.6) is 5.75 Å². The van der Waals surface area contributed by atoms with E-state index in [4.69, 9.17) is 0 Å². The number of likely N-dealkylation sites (tertiary alicyclic amines) is 2. The van der Waals surface area contributed by atoms with E-state index in [-0.39, 0.29) is 16.7 Å². The number of carbonyl (C=O) groups is 1. The summed E-state index contributed by atoms with van der Waals surface area (Å²) in [5, 5.41) is 10.1. The van der Waals surface area contributed by atoms with Gasteiger partial charge in [0.15, 0.2) is 11.4 Å². The van der Waals surface area contributed by atoms with Crippen molar-refractivity contribution < 1.29 is 9.90 Å². The van der Waals surface area contributed by atoms with E-state index in [0.717, 1.165) is 51.7 Å². The SMILES string of the molecule is O=C1CC[C@@]2(CCCN(Cc3cc(=O)n4cccc(O)c4n3)C2)CN1C1CC1. The molecule has 1 amide bonds. The lowest BCUT2D eigenvalue weighted by Crippen LogP contribution is -2.54. The summed E-state index contributed by atoms with van der Waals surface area (Å²) in [7, 11) is 0. The maximum absolute atomic E-state index is 12.4. The molecule has 3 aliphatic rings. The van der Waals surface area contributed by atoms with Gasteiger partial charge in [-0.3, -0.25) is 18.9 Å². The molecule has 2 saturated heterocycles. The fourth-order valence-electron chi connectivity index (χ4n) is 5.01. The molecule has 2 aromatic rings. The summed E-state index contributed by atoms with van der Waals surface area (Å²) >= 11 is 0. The molecule has 0 radical (unpaired) electrons. The molecule has 0 bridgehead atoms. The van der Waals surface area contributed by atoms with Crippen LogP contribution < -0.4 is 5.56 Å². The Bertz CT molecular complexity index is 983. The molecule has 0 unspecified atom stereocenters. The normalized spacial score (nSPS) is 26.3. The van der Waals surface area contributed by atoms with Crippen LogP contribution in [-0.2, 0) is 11.3 Å². The number of hydrogen-bond donors (Lipinski definition) is 1. The van der Waals surface area contributed by atoms with Crippen LogP contribution in [0.3, 0.4) is 0 Å². The Labute approximate surface area is 163 Å². The van der Waals surface area contributed by atoms with Crippen LogP contribution >= 0.6 is 0 Å². The highest BCUT2D eigenvalue weighted by molar-refractivity contribution is 5.78. The zero-order chi connectivity index (χ0) is 19.3. The van der Waals surface area contributed by atoms with E-state index in [1.54, 1.807) is 24.4 Å². The smallest absolute Gasteiger partial charge is 0.258 e. The van der Waals surface area contributed by atoms with Gasteiger partial charge in [-0.25, -0.2) is 4.98 Å². The van der Waals surface area contributed by atoms with E-state index in [2.05, 4.69) is 14.8 Å². The van der Waals surface area contributed by atoms with Crippen molar-refractivity contribution in [2.45, 2.75) is 51.1 Å². The molecule has 1 N–H and O–H groups in total. The van der Waals surface area contributed by atoms with Crippen molar-refractivity contribution in [3.8, 4) is 5.75 Å². The molecule has 4 heterocycles. The van der Waals surface area contributed by atoms with Gasteiger partial charge in [-0.15, -0.1) is 0 Å². The Balaban J connectivity index is 1.36. The summed E-state index contributed by atoms with van der Waals surface area (Å²) in [5.74, 6) is 0.340. The minimum absolute atomic E-state index is 0.0161. The second-order valence-corrected chi connectivity index (χ2v) is 8.74. The maximum Gasteiger partial charge on any atom is 0.258 e. The van der Waals surface area contributed by atoms with E-state index in [9.17, 15) is 14.7 Å². The molecule has 148 valence electrons. The number of fused-ring (bicyclic) bond motifs is 1. The fourth-order valence-corrected chi connectivity index (χ4v) is 5.01. The first kappa shape index (κ1) is 17.7. The molecule has 0 aromatic carbocycles. The predicted octanol–water partition coefficient (Wildman–Crippen LogP) is 1.77. The van der Waals surface area contributed by atoms with Crippen molar-refractivity contribution in [1.82, 2.24) is 19.2 Å². The van der Waals surface area contributed by atoms with Crippen molar-refractivity contribution >= 4 is 11.6 Å². The van der Waals surface area contributed by atoms with Gasteiger partial charge >= 0.3 is 0 Å². The Hall–Kier alpha value is -2.41. The summed E-state index contributed by atoms with van der Waals surface area (Å²) in [6, 6.07) is 5.22. The van der Waals surface area contributed by atoms with Gasteiger partial charge in [0.05, 0.1) is 5.69 Å². The van der Waals surface area contributed by atoms with Crippen molar-refractivity contribution in [2.75, 3.05) is 19.6 Å². The van der Waals surface area contributed by atoms with Crippen LogP contribution in [0.4, 0.5) is 0 Å². The molecule has 28 heavy (non-hydrogen) atoms. The zero-order valence-corrected chi connectivity index (χ0v) is 16.0. The maximum atomic E-state index is 12.4. The minimum Gasteiger partial charge on any atom is -0.504 e. The average Bonchev–Trinajstić information content (AvgIpc) is 3.50. The molecular weight excluding hydrogens is 356 g/mol. The van der Waals surface area contributed by atoms with Gasteiger partial charge in [0, 0.05) is 49.8 Å². The highest BCUT2D eigenvalue weighted by atomic mass is 16.3. The van der Waals surface area contributed by atoms with Crippen LogP contribution in [0, 0.1) is 5.41 Å². The molecule has 2 aliphatic heterocycles. The number of hydrogen-bond acceptors (Lipinski definition) is 5. The first-order valence-electron chi connectivity index (χ1n) is 10.3. The number of nitrogens with zero attached hydrogens (tertiary/aromatic N) is 4. The zero-order valence-electron chi connectivity index (χ0n) is 16.0. The van der Waals surface area contributed by atoms with E-state index >= 15 is 0 Å². The molecule has 1 saturated carbocycles. The average molecular weight is 382 g/mol. The lowest BCUT2D eigenvalue weighted by atomic mass is 9.73. The fraction of sp³-hybridized carbons (Fsp3) is 0.571. The van der Waals surface area contributed by atoms with E-state index < -0.39 is 0 Å². The Morgan fingerprint density at radius 1 is 1.21 bits per heavy atom. The third kappa shape index (κ3) is 3.17. The van der Waals surface area contributed by atoms with Crippen LogP contribution in [0.25, 0.3) is 5.65 Å². The molecular formula is C21H26N4O3. The van der Waals surface area contributed by atoms with Gasteiger partial charge in [-0.05, 0) is 50.8 Å². The second-order valence-electron chi connectivity index (χ2n) is 8.74. The summed E-state index contributed by atoms with van der Waals surface area (Å²) in [5.41, 5.74) is 0.989. The van der Waals surface area contributed by atoms with Crippen LogP contribution in [0.1, 0.15) is 44.2 Å². The molecule has 1 aliphatic carbocycles. The number of aromatic hydroxyl groups is 1. The van der Waals surface area contributed by atoms with Crippen LogP contribution in [0.2, 0.25) is 0 Å². The Kier molecular flexibility index (Phi) is 4.16. The largest absolute Gasteiger partial charge is 0.504 e.